The Morgan fingerprint density at radius 2 is 1.86 bits per heavy atom. The van der Waals surface area contributed by atoms with Crippen molar-refractivity contribution in [2.45, 2.75) is 26.7 Å². The first kappa shape index (κ1) is 21.4. The fraction of sp³-hybridized carbons (Fsp3) is 0.238. The van der Waals surface area contributed by atoms with E-state index < -0.39 is 5.97 Å². The van der Waals surface area contributed by atoms with E-state index in [9.17, 15) is 9.59 Å². The molecule has 1 amide bonds. The zero-order valence-corrected chi connectivity index (χ0v) is 18.5. The van der Waals surface area contributed by atoms with E-state index in [4.69, 9.17) is 29.5 Å². The summed E-state index contributed by atoms with van der Waals surface area (Å²) in [6.07, 6.45) is 4.05. The number of carbonyl (C=O) groups excluding carboxylic acids is 1. The van der Waals surface area contributed by atoms with Crippen LogP contribution in [0.25, 0.3) is 11.8 Å². The Labute approximate surface area is 184 Å². The number of hydrogen-bond acceptors (Lipinski definition) is 5. The van der Waals surface area contributed by atoms with Gasteiger partial charge in [-0.05, 0) is 43.5 Å². The van der Waals surface area contributed by atoms with E-state index in [2.05, 4.69) is 0 Å². The summed E-state index contributed by atoms with van der Waals surface area (Å²) in [5.41, 5.74) is 4.02. The molecule has 0 radical (unpaired) electrons. The number of rotatable bonds is 6. The molecule has 29 heavy (non-hydrogen) atoms. The van der Waals surface area contributed by atoms with Gasteiger partial charge in [0.2, 0.25) is 0 Å². The van der Waals surface area contributed by atoms with Crippen LogP contribution in [0.2, 0.25) is 0 Å². The molecule has 0 aliphatic carbocycles. The van der Waals surface area contributed by atoms with Gasteiger partial charge in [0.15, 0.2) is 0 Å². The molecule has 0 saturated carbocycles. The Hall–Kier alpha value is -2.29. The number of pyridine rings is 1. The van der Waals surface area contributed by atoms with E-state index in [0.717, 1.165) is 22.4 Å². The van der Waals surface area contributed by atoms with Gasteiger partial charge in [-0.2, -0.15) is 0 Å². The van der Waals surface area contributed by atoms with E-state index in [1.165, 1.54) is 16.7 Å². The number of thioether (sulfide) groups is 1. The molecule has 2 aromatic rings. The smallest absolute Gasteiger partial charge is 0.303 e. The first-order valence-electron chi connectivity index (χ1n) is 9.05. The molecule has 1 saturated heterocycles. The number of amides is 1. The van der Waals surface area contributed by atoms with E-state index in [0.29, 0.717) is 26.8 Å². The van der Waals surface area contributed by atoms with Crippen LogP contribution in [0.4, 0.5) is 0 Å². The number of carboxylic acids is 1. The summed E-state index contributed by atoms with van der Waals surface area (Å²) in [7, 11) is 0. The van der Waals surface area contributed by atoms with E-state index in [1.807, 2.05) is 54.9 Å². The van der Waals surface area contributed by atoms with Gasteiger partial charge in [-0.1, -0.05) is 60.5 Å². The van der Waals surface area contributed by atoms with Crippen molar-refractivity contribution in [2.24, 2.45) is 0 Å². The van der Waals surface area contributed by atoms with Crippen LogP contribution in [-0.4, -0.2) is 37.3 Å². The Kier molecular flexibility index (Phi) is 6.66. The molecule has 1 aromatic carbocycles. The fourth-order valence-electron chi connectivity index (χ4n) is 3.20. The Balaban J connectivity index is 1.92. The maximum Gasteiger partial charge on any atom is 0.303 e. The number of aryl methyl sites for hydroxylation is 2. The van der Waals surface area contributed by atoms with Crippen LogP contribution in [0.5, 0.6) is 0 Å². The summed E-state index contributed by atoms with van der Waals surface area (Å²) in [4.78, 5) is 25.4. The molecule has 3 rings (SSSR count). The van der Waals surface area contributed by atoms with Crippen LogP contribution in [-0.2, 0) is 9.59 Å². The molecule has 1 aliphatic heterocycles. The molecule has 0 atom stereocenters. The predicted octanol–water partition coefficient (Wildman–Crippen LogP) is 4.89. The van der Waals surface area contributed by atoms with Crippen LogP contribution in [0, 0.1) is 18.5 Å². The number of aromatic nitrogens is 1. The van der Waals surface area contributed by atoms with Crippen molar-refractivity contribution in [2.75, 3.05) is 6.54 Å². The molecule has 0 bridgehead atoms. The van der Waals surface area contributed by atoms with Gasteiger partial charge in [-0.15, -0.1) is 0 Å². The SMILES string of the molecule is Cc1cccc(C)c1-n1cccc(C=C2SC(=S)N(CCCC(=O)O)C2=O)c1=S. The number of carboxylic acid groups (broad SMARTS) is 1. The topological polar surface area (TPSA) is 62.5 Å². The number of aliphatic carboxylic acids is 1. The van der Waals surface area contributed by atoms with Crippen molar-refractivity contribution in [3.05, 3.63) is 62.8 Å². The van der Waals surface area contributed by atoms with Crippen LogP contribution in [0.15, 0.2) is 41.4 Å². The summed E-state index contributed by atoms with van der Waals surface area (Å²) >= 11 is 12.2. The highest BCUT2D eigenvalue weighted by Gasteiger charge is 2.31. The maximum absolute atomic E-state index is 12.7. The predicted molar refractivity (Wildman–Crippen MR) is 123 cm³/mol. The zero-order valence-electron chi connectivity index (χ0n) is 16.0. The molecule has 1 aromatic heterocycles. The minimum Gasteiger partial charge on any atom is -0.481 e. The first-order chi connectivity index (χ1) is 13.8. The van der Waals surface area contributed by atoms with Gasteiger partial charge < -0.3 is 9.67 Å². The second-order valence-corrected chi connectivity index (χ2v) is 8.77. The Bertz CT molecular complexity index is 1070. The molecule has 1 aliphatic rings. The number of benzene rings is 1. The molecule has 150 valence electrons. The van der Waals surface area contributed by atoms with Crippen LogP contribution < -0.4 is 0 Å². The second-order valence-electron chi connectivity index (χ2n) is 6.71. The fourth-order valence-corrected chi connectivity index (χ4v) is 4.78. The van der Waals surface area contributed by atoms with Gasteiger partial charge in [0.05, 0.1) is 10.6 Å². The van der Waals surface area contributed by atoms with E-state index >= 15 is 0 Å². The lowest BCUT2D eigenvalue weighted by atomic mass is 10.1. The minimum atomic E-state index is -0.887. The van der Waals surface area contributed by atoms with Gasteiger partial charge in [-0.25, -0.2) is 0 Å². The molecular weight excluding hydrogens is 424 g/mol. The Morgan fingerprint density at radius 3 is 2.52 bits per heavy atom. The maximum atomic E-state index is 12.7. The third kappa shape index (κ3) is 4.66. The number of thiocarbonyl (C=S) groups is 1. The van der Waals surface area contributed by atoms with Crippen molar-refractivity contribution in [1.82, 2.24) is 9.47 Å². The lowest BCUT2D eigenvalue weighted by Crippen LogP contribution is -2.29. The third-order valence-corrected chi connectivity index (χ3v) is 6.40. The zero-order chi connectivity index (χ0) is 21.1. The largest absolute Gasteiger partial charge is 0.481 e. The van der Waals surface area contributed by atoms with Crippen molar-refractivity contribution in [3.63, 3.8) is 0 Å². The summed E-state index contributed by atoms with van der Waals surface area (Å²) in [5.74, 6) is -1.09. The number of para-hydroxylation sites is 1. The molecule has 5 nitrogen and oxygen atoms in total. The van der Waals surface area contributed by atoms with Gasteiger partial charge in [0, 0.05) is 24.7 Å². The van der Waals surface area contributed by atoms with Crippen LogP contribution in [0.3, 0.4) is 0 Å². The normalized spacial score (nSPS) is 15.4. The highest BCUT2D eigenvalue weighted by atomic mass is 32.2. The highest BCUT2D eigenvalue weighted by Crippen LogP contribution is 2.33. The van der Waals surface area contributed by atoms with Crippen molar-refractivity contribution in [1.29, 1.82) is 0 Å². The molecule has 1 N–H and O–H groups in total. The van der Waals surface area contributed by atoms with Crippen LogP contribution >= 0.6 is 36.2 Å². The van der Waals surface area contributed by atoms with Gasteiger partial charge in [0.1, 0.15) is 8.96 Å². The minimum absolute atomic E-state index is 0.000872. The average molecular weight is 445 g/mol. The highest BCUT2D eigenvalue weighted by molar-refractivity contribution is 8.26. The van der Waals surface area contributed by atoms with Crippen molar-refractivity contribution < 1.29 is 14.7 Å². The van der Waals surface area contributed by atoms with Crippen LogP contribution in [0.1, 0.15) is 29.5 Å². The molecular formula is C21H20N2O3S3. The van der Waals surface area contributed by atoms with Crippen molar-refractivity contribution >= 4 is 58.5 Å². The monoisotopic (exact) mass is 444 g/mol. The van der Waals surface area contributed by atoms with Gasteiger partial charge in [-0.3, -0.25) is 14.5 Å². The first-order valence-corrected chi connectivity index (χ1v) is 10.7. The second kappa shape index (κ2) is 9.02. The quantitative estimate of drug-likeness (QED) is 0.506. The van der Waals surface area contributed by atoms with E-state index in [1.54, 1.807) is 6.08 Å². The van der Waals surface area contributed by atoms with Gasteiger partial charge >= 0.3 is 5.97 Å². The summed E-state index contributed by atoms with van der Waals surface area (Å²) < 4.78 is 3.01. The lowest BCUT2D eigenvalue weighted by molar-refractivity contribution is -0.137. The number of nitrogens with zero attached hydrogens (tertiary/aromatic N) is 2. The van der Waals surface area contributed by atoms with E-state index in [-0.39, 0.29) is 12.3 Å². The molecule has 0 unspecified atom stereocenters. The number of carbonyl (C=O) groups is 2. The van der Waals surface area contributed by atoms with Gasteiger partial charge in [0.25, 0.3) is 5.91 Å². The summed E-state index contributed by atoms with van der Waals surface area (Å²) in [6, 6.07) is 9.87. The molecule has 8 heteroatoms. The Morgan fingerprint density at radius 1 is 1.17 bits per heavy atom. The molecule has 1 fully saturated rings. The summed E-state index contributed by atoms with van der Waals surface area (Å²) in [5, 5.41) is 8.79. The molecule has 2 heterocycles. The third-order valence-electron chi connectivity index (χ3n) is 4.59. The lowest BCUT2D eigenvalue weighted by Gasteiger charge is -2.14. The molecule has 0 spiro atoms. The average Bonchev–Trinajstić information content (AvgIpc) is 2.91. The summed E-state index contributed by atoms with van der Waals surface area (Å²) in [6.45, 7) is 4.38. The standard InChI is InChI=1S/C21H20N2O3S3/c1-13-6-3-7-14(2)18(13)22-10-4-8-15(20(22)27)12-16-19(26)23(21(28)29-16)11-5-9-17(24)25/h3-4,6-8,10,12H,5,9,11H2,1-2H3,(H,24,25). The van der Waals surface area contributed by atoms with Crippen molar-refractivity contribution in [3.8, 4) is 5.69 Å². The number of hydrogen-bond donors (Lipinski definition) is 1.